The molecule has 2 unspecified atom stereocenters. The molecule has 4 rings (SSSR count). The Balaban J connectivity index is 1.46. The highest BCUT2D eigenvalue weighted by Gasteiger charge is 2.37. The van der Waals surface area contributed by atoms with Gasteiger partial charge in [0, 0.05) is 6.04 Å². The number of piperidine rings is 1. The van der Waals surface area contributed by atoms with Crippen LogP contribution in [0.5, 0.6) is 0 Å². The summed E-state index contributed by atoms with van der Waals surface area (Å²) >= 11 is 0. The standard InChI is InChI=1S/C25H29NO2/c1-18-8-6-11-22(19(18)2)14-21-15-23-12-7-13-24(16-21)26(23)25(27)28-17-20-9-4-3-5-10-20/h3-6,8-11,15,23-24H,7,12-14,16-17H2,1-2H3. The number of rotatable bonds is 4. The fraction of sp³-hybridized carbons (Fsp3) is 0.400. The monoisotopic (exact) mass is 375 g/mol. The zero-order valence-corrected chi connectivity index (χ0v) is 16.9. The second-order valence-electron chi connectivity index (χ2n) is 8.16. The smallest absolute Gasteiger partial charge is 0.410 e. The Kier molecular flexibility index (Phi) is 5.52. The van der Waals surface area contributed by atoms with Crippen LogP contribution in [0.25, 0.3) is 0 Å². The summed E-state index contributed by atoms with van der Waals surface area (Å²) in [5, 5.41) is 0. The van der Waals surface area contributed by atoms with Gasteiger partial charge in [0.1, 0.15) is 6.61 Å². The number of hydrogen-bond donors (Lipinski definition) is 0. The van der Waals surface area contributed by atoms with Crippen molar-refractivity contribution in [2.24, 2.45) is 0 Å². The van der Waals surface area contributed by atoms with E-state index in [0.29, 0.717) is 6.61 Å². The molecule has 0 aliphatic carbocycles. The third-order valence-electron chi connectivity index (χ3n) is 6.26. The molecular formula is C25H29NO2. The number of aryl methyl sites for hydroxylation is 1. The fourth-order valence-electron chi connectivity index (χ4n) is 4.58. The summed E-state index contributed by atoms with van der Waals surface area (Å²) in [5.74, 6) is 0. The molecule has 28 heavy (non-hydrogen) atoms. The van der Waals surface area contributed by atoms with E-state index in [1.54, 1.807) is 0 Å². The first kappa shape index (κ1) is 18.8. The molecule has 0 saturated carbocycles. The van der Waals surface area contributed by atoms with Gasteiger partial charge in [-0.1, -0.05) is 60.2 Å². The molecule has 2 bridgehead atoms. The van der Waals surface area contributed by atoms with Gasteiger partial charge in [0.15, 0.2) is 0 Å². The molecule has 146 valence electrons. The van der Waals surface area contributed by atoms with Crippen LogP contribution in [0.1, 0.15) is 47.9 Å². The van der Waals surface area contributed by atoms with E-state index in [1.165, 1.54) is 28.7 Å². The maximum Gasteiger partial charge on any atom is 0.410 e. The number of carbonyl (C=O) groups is 1. The summed E-state index contributed by atoms with van der Waals surface area (Å²) in [6.45, 7) is 4.73. The van der Waals surface area contributed by atoms with Gasteiger partial charge in [-0.2, -0.15) is 0 Å². The first-order valence-electron chi connectivity index (χ1n) is 10.4. The van der Waals surface area contributed by atoms with E-state index >= 15 is 0 Å². The SMILES string of the molecule is Cc1cccc(CC2=CC3CCCC(C2)N3C(=O)OCc2ccccc2)c1C. The van der Waals surface area contributed by atoms with Crippen LogP contribution in [0.2, 0.25) is 0 Å². The van der Waals surface area contributed by atoms with Gasteiger partial charge in [-0.25, -0.2) is 4.79 Å². The van der Waals surface area contributed by atoms with Gasteiger partial charge in [0.25, 0.3) is 0 Å². The molecule has 3 nitrogen and oxygen atoms in total. The second kappa shape index (κ2) is 8.22. The minimum absolute atomic E-state index is 0.166. The Labute approximate surface area is 168 Å². The number of nitrogens with zero attached hydrogens (tertiary/aromatic N) is 1. The zero-order valence-electron chi connectivity index (χ0n) is 16.9. The van der Waals surface area contributed by atoms with Crippen LogP contribution in [0.3, 0.4) is 0 Å². The molecule has 1 saturated heterocycles. The summed E-state index contributed by atoms with van der Waals surface area (Å²) in [4.78, 5) is 14.8. The van der Waals surface area contributed by atoms with Crippen molar-refractivity contribution in [3.05, 3.63) is 82.4 Å². The molecule has 0 radical (unpaired) electrons. The predicted molar refractivity (Wildman–Crippen MR) is 112 cm³/mol. The maximum absolute atomic E-state index is 12.8. The lowest BCUT2D eigenvalue weighted by Gasteiger charge is -2.44. The van der Waals surface area contributed by atoms with Gasteiger partial charge in [0.05, 0.1) is 6.04 Å². The first-order chi connectivity index (χ1) is 13.6. The van der Waals surface area contributed by atoms with Gasteiger partial charge < -0.3 is 4.74 Å². The number of carbonyl (C=O) groups excluding carboxylic acids is 1. The van der Waals surface area contributed by atoms with Crippen molar-refractivity contribution in [2.45, 2.75) is 64.6 Å². The summed E-state index contributed by atoms with van der Waals surface area (Å²) in [6, 6.07) is 16.9. The largest absolute Gasteiger partial charge is 0.445 e. The van der Waals surface area contributed by atoms with Crippen molar-refractivity contribution in [2.75, 3.05) is 0 Å². The highest BCUT2D eigenvalue weighted by Crippen LogP contribution is 2.35. The molecule has 1 amide bonds. The first-order valence-corrected chi connectivity index (χ1v) is 10.4. The van der Waals surface area contributed by atoms with Crippen LogP contribution in [0, 0.1) is 13.8 Å². The zero-order chi connectivity index (χ0) is 19.5. The van der Waals surface area contributed by atoms with Gasteiger partial charge in [-0.15, -0.1) is 0 Å². The summed E-state index contributed by atoms with van der Waals surface area (Å²) in [5.41, 5.74) is 6.64. The van der Waals surface area contributed by atoms with Crippen molar-refractivity contribution >= 4 is 6.09 Å². The Bertz CT molecular complexity index is 871. The van der Waals surface area contributed by atoms with Crippen LogP contribution >= 0.6 is 0 Å². The van der Waals surface area contributed by atoms with Crippen LogP contribution in [0.4, 0.5) is 4.79 Å². The molecule has 1 fully saturated rings. The molecule has 0 spiro atoms. The average molecular weight is 376 g/mol. The molecule has 2 aromatic rings. The second-order valence-corrected chi connectivity index (χ2v) is 8.16. The fourth-order valence-corrected chi connectivity index (χ4v) is 4.58. The van der Waals surface area contributed by atoms with Crippen molar-refractivity contribution in [3.63, 3.8) is 0 Å². The highest BCUT2D eigenvalue weighted by atomic mass is 16.6. The Morgan fingerprint density at radius 2 is 1.89 bits per heavy atom. The lowest BCUT2D eigenvalue weighted by atomic mass is 9.83. The lowest BCUT2D eigenvalue weighted by molar-refractivity contribution is 0.0481. The van der Waals surface area contributed by atoms with E-state index in [2.05, 4.69) is 38.1 Å². The molecular weight excluding hydrogens is 346 g/mol. The van der Waals surface area contributed by atoms with Crippen LogP contribution in [0.15, 0.2) is 60.2 Å². The molecule has 3 heteroatoms. The molecule has 2 aromatic carbocycles. The quantitative estimate of drug-likeness (QED) is 0.638. The van der Waals surface area contributed by atoms with Crippen LogP contribution in [-0.4, -0.2) is 23.1 Å². The molecule has 2 atom stereocenters. The highest BCUT2D eigenvalue weighted by molar-refractivity contribution is 5.69. The summed E-state index contributed by atoms with van der Waals surface area (Å²) in [6.07, 6.45) is 7.42. The number of hydrogen-bond acceptors (Lipinski definition) is 2. The van der Waals surface area contributed by atoms with Gasteiger partial charge >= 0.3 is 6.09 Å². The van der Waals surface area contributed by atoms with E-state index in [9.17, 15) is 4.79 Å². The van der Waals surface area contributed by atoms with Gasteiger partial charge in [-0.3, -0.25) is 4.90 Å². The predicted octanol–water partition coefficient (Wildman–Crippen LogP) is 5.74. The van der Waals surface area contributed by atoms with E-state index < -0.39 is 0 Å². The van der Waals surface area contributed by atoms with E-state index in [-0.39, 0.29) is 18.2 Å². The Hall–Kier alpha value is -2.55. The Morgan fingerprint density at radius 3 is 2.68 bits per heavy atom. The molecule has 2 aliphatic rings. The van der Waals surface area contributed by atoms with Crippen molar-refractivity contribution < 1.29 is 9.53 Å². The minimum atomic E-state index is -0.166. The van der Waals surface area contributed by atoms with Crippen molar-refractivity contribution in [1.29, 1.82) is 0 Å². The van der Waals surface area contributed by atoms with Crippen molar-refractivity contribution in [1.82, 2.24) is 4.90 Å². The maximum atomic E-state index is 12.8. The topological polar surface area (TPSA) is 29.5 Å². The number of amides is 1. The molecule has 2 aliphatic heterocycles. The van der Waals surface area contributed by atoms with Gasteiger partial charge in [-0.05, 0) is 68.2 Å². The van der Waals surface area contributed by atoms with Crippen LogP contribution < -0.4 is 0 Å². The average Bonchev–Trinajstić information content (AvgIpc) is 2.70. The lowest BCUT2D eigenvalue weighted by Crippen LogP contribution is -2.52. The van der Waals surface area contributed by atoms with E-state index in [4.69, 9.17) is 4.74 Å². The number of fused-ring (bicyclic) bond motifs is 2. The number of ether oxygens (including phenoxy) is 1. The van der Waals surface area contributed by atoms with Crippen molar-refractivity contribution in [3.8, 4) is 0 Å². The normalized spacial score (nSPS) is 21.2. The summed E-state index contributed by atoms with van der Waals surface area (Å²) < 4.78 is 5.65. The Morgan fingerprint density at radius 1 is 1.07 bits per heavy atom. The van der Waals surface area contributed by atoms with E-state index in [0.717, 1.165) is 31.2 Å². The molecule has 2 heterocycles. The molecule has 0 aromatic heterocycles. The number of benzene rings is 2. The van der Waals surface area contributed by atoms with E-state index in [1.807, 2.05) is 35.2 Å². The summed E-state index contributed by atoms with van der Waals surface area (Å²) in [7, 11) is 0. The minimum Gasteiger partial charge on any atom is -0.445 e. The molecule has 0 N–H and O–H groups in total. The van der Waals surface area contributed by atoms with Gasteiger partial charge in [0.2, 0.25) is 0 Å². The van der Waals surface area contributed by atoms with Crippen LogP contribution in [-0.2, 0) is 17.8 Å². The third kappa shape index (κ3) is 3.99. The third-order valence-corrected chi connectivity index (χ3v) is 6.26.